The number of halogens is 1. The normalized spacial score (nSPS) is 22.0. The van der Waals surface area contributed by atoms with Crippen molar-refractivity contribution in [3.8, 4) is 0 Å². The molecule has 0 amide bonds. The summed E-state index contributed by atoms with van der Waals surface area (Å²) in [5, 5.41) is 6.78. The molecule has 0 aromatic carbocycles. The summed E-state index contributed by atoms with van der Waals surface area (Å²) in [6.07, 6.45) is 6.41. The molecule has 1 fully saturated rings. The van der Waals surface area contributed by atoms with E-state index in [2.05, 4.69) is 22.5 Å². The van der Waals surface area contributed by atoms with Crippen LogP contribution < -0.4 is 10.6 Å². The number of ether oxygens (including phenoxy) is 2. The van der Waals surface area contributed by atoms with E-state index in [1.807, 2.05) is 7.05 Å². The highest BCUT2D eigenvalue weighted by atomic mass is 127. The van der Waals surface area contributed by atoms with Crippen molar-refractivity contribution in [1.29, 1.82) is 0 Å². The maximum absolute atomic E-state index is 5.43. The van der Waals surface area contributed by atoms with Gasteiger partial charge in [0, 0.05) is 33.9 Å². The largest absolute Gasteiger partial charge is 0.382 e. The predicted octanol–water partition coefficient (Wildman–Crippen LogP) is 2.65. The molecule has 1 aliphatic carbocycles. The van der Waals surface area contributed by atoms with Gasteiger partial charge in [-0.15, -0.1) is 24.0 Å². The summed E-state index contributed by atoms with van der Waals surface area (Å²) in [6.45, 7) is 6.37. The smallest absolute Gasteiger partial charge is 0.190 e. The molecule has 0 unspecified atom stereocenters. The van der Waals surface area contributed by atoms with Gasteiger partial charge in [0.1, 0.15) is 0 Å². The number of hydrogen-bond donors (Lipinski definition) is 2. The lowest BCUT2D eigenvalue weighted by Crippen LogP contribution is -2.40. The number of nitrogens with zero attached hydrogens (tertiary/aromatic N) is 1. The first-order chi connectivity index (χ1) is 10.3. The van der Waals surface area contributed by atoms with Crippen molar-refractivity contribution in [2.24, 2.45) is 16.8 Å². The van der Waals surface area contributed by atoms with Crippen LogP contribution in [0.5, 0.6) is 0 Å². The Labute approximate surface area is 153 Å². The maximum atomic E-state index is 5.43. The molecule has 0 saturated heterocycles. The Balaban J connectivity index is 0.00000441. The van der Waals surface area contributed by atoms with E-state index in [0.717, 1.165) is 43.9 Å². The molecule has 132 valence electrons. The first-order valence-corrected chi connectivity index (χ1v) is 8.27. The quantitative estimate of drug-likeness (QED) is 0.257. The van der Waals surface area contributed by atoms with E-state index < -0.39 is 0 Å². The van der Waals surface area contributed by atoms with Crippen LogP contribution in [0.4, 0.5) is 0 Å². The van der Waals surface area contributed by atoms with E-state index in [4.69, 9.17) is 9.47 Å². The van der Waals surface area contributed by atoms with E-state index in [0.29, 0.717) is 13.2 Å². The SMILES string of the molecule is CN=C(NCCCOCCOC)NCC1CCC(C)CC1.I. The van der Waals surface area contributed by atoms with Crippen molar-refractivity contribution in [1.82, 2.24) is 10.6 Å². The van der Waals surface area contributed by atoms with Crippen molar-refractivity contribution >= 4 is 29.9 Å². The Morgan fingerprint density at radius 2 is 1.82 bits per heavy atom. The second-order valence-corrected chi connectivity index (χ2v) is 5.96. The Bertz CT molecular complexity index is 283. The summed E-state index contributed by atoms with van der Waals surface area (Å²) < 4.78 is 10.4. The first kappa shape index (κ1) is 21.9. The minimum absolute atomic E-state index is 0. The molecule has 0 spiro atoms. The third-order valence-electron chi connectivity index (χ3n) is 4.11. The van der Waals surface area contributed by atoms with Crippen molar-refractivity contribution in [3.05, 3.63) is 0 Å². The molecule has 0 bridgehead atoms. The summed E-state index contributed by atoms with van der Waals surface area (Å²) in [6, 6.07) is 0. The van der Waals surface area contributed by atoms with E-state index in [9.17, 15) is 0 Å². The van der Waals surface area contributed by atoms with Gasteiger partial charge in [0.05, 0.1) is 13.2 Å². The lowest BCUT2D eigenvalue weighted by molar-refractivity contribution is 0.0698. The second-order valence-electron chi connectivity index (χ2n) is 5.96. The summed E-state index contributed by atoms with van der Waals surface area (Å²) in [4.78, 5) is 4.27. The second kappa shape index (κ2) is 14.5. The van der Waals surface area contributed by atoms with Crippen LogP contribution in [0.25, 0.3) is 0 Å². The lowest BCUT2D eigenvalue weighted by Gasteiger charge is -2.26. The maximum Gasteiger partial charge on any atom is 0.190 e. The zero-order valence-corrected chi connectivity index (χ0v) is 16.7. The van der Waals surface area contributed by atoms with E-state index in [-0.39, 0.29) is 24.0 Å². The highest BCUT2D eigenvalue weighted by molar-refractivity contribution is 14.0. The zero-order chi connectivity index (χ0) is 15.3. The minimum atomic E-state index is 0. The van der Waals surface area contributed by atoms with Crippen molar-refractivity contribution in [3.63, 3.8) is 0 Å². The minimum Gasteiger partial charge on any atom is -0.382 e. The number of guanidine groups is 1. The van der Waals surface area contributed by atoms with Crippen molar-refractivity contribution in [2.75, 3.05) is 47.1 Å². The fourth-order valence-corrected chi connectivity index (χ4v) is 2.62. The molecule has 1 rings (SSSR count). The van der Waals surface area contributed by atoms with Gasteiger partial charge in [-0.3, -0.25) is 4.99 Å². The van der Waals surface area contributed by atoms with Crippen LogP contribution in [0.15, 0.2) is 4.99 Å². The summed E-state index contributed by atoms with van der Waals surface area (Å²) >= 11 is 0. The molecule has 1 saturated carbocycles. The molecule has 0 aromatic heterocycles. The summed E-state index contributed by atoms with van der Waals surface area (Å²) in [7, 11) is 3.51. The van der Waals surface area contributed by atoms with Gasteiger partial charge in [0.2, 0.25) is 0 Å². The van der Waals surface area contributed by atoms with Crippen LogP contribution in [-0.2, 0) is 9.47 Å². The average Bonchev–Trinajstić information content (AvgIpc) is 2.51. The van der Waals surface area contributed by atoms with Gasteiger partial charge in [-0.05, 0) is 31.1 Å². The van der Waals surface area contributed by atoms with Gasteiger partial charge in [0.15, 0.2) is 5.96 Å². The molecule has 0 atom stereocenters. The van der Waals surface area contributed by atoms with Gasteiger partial charge in [-0.25, -0.2) is 0 Å². The van der Waals surface area contributed by atoms with Crippen LogP contribution >= 0.6 is 24.0 Å². The fraction of sp³-hybridized carbons (Fsp3) is 0.938. The molecule has 0 heterocycles. The van der Waals surface area contributed by atoms with Gasteiger partial charge in [0.25, 0.3) is 0 Å². The molecule has 0 radical (unpaired) electrons. The monoisotopic (exact) mass is 427 g/mol. The summed E-state index contributed by atoms with van der Waals surface area (Å²) in [5.41, 5.74) is 0. The van der Waals surface area contributed by atoms with Crippen LogP contribution in [0.1, 0.15) is 39.0 Å². The van der Waals surface area contributed by atoms with E-state index in [1.165, 1.54) is 25.7 Å². The molecule has 0 aliphatic heterocycles. The third-order valence-corrected chi connectivity index (χ3v) is 4.11. The number of methoxy groups -OCH3 is 1. The van der Waals surface area contributed by atoms with Crippen molar-refractivity contribution in [2.45, 2.75) is 39.0 Å². The fourth-order valence-electron chi connectivity index (χ4n) is 2.62. The van der Waals surface area contributed by atoms with E-state index in [1.54, 1.807) is 7.11 Å². The van der Waals surface area contributed by atoms with Gasteiger partial charge in [-0.2, -0.15) is 0 Å². The number of rotatable bonds is 9. The summed E-state index contributed by atoms with van der Waals surface area (Å²) in [5.74, 6) is 2.62. The molecule has 2 N–H and O–H groups in total. The number of nitrogens with one attached hydrogen (secondary N) is 2. The van der Waals surface area contributed by atoms with E-state index >= 15 is 0 Å². The Morgan fingerprint density at radius 3 is 2.45 bits per heavy atom. The van der Waals surface area contributed by atoms with Gasteiger partial charge in [-0.1, -0.05) is 19.8 Å². The topological polar surface area (TPSA) is 54.9 Å². The predicted molar refractivity (Wildman–Crippen MR) is 103 cm³/mol. The highest BCUT2D eigenvalue weighted by Gasteiger charge is 2.18. The first-order valence-electron chi connectivity index (χ1n) is 8.27. The van der Waals surface area contributed by atoms with Crippen LogP contribution in [0.2, 0.25) is 0 Å². The van der Waals surface area contributed by atoms with Crippen LogP contribution in [0.3, 0.4) is 0 Å². The molecule has 22 heavy (non-hydrogen) atoms. The Kier molecular flexibility index (Phi) is 14.5. The van der Waals surface area contributed by atoms with Crippen LogP contribution in [-0.4, -0.2) is 53.0 Å². The molecular formula is C16H34IN3O2. The molecule has 1 aliphatic rings. The highest BCUT2D eigenvalue weighted by Crippen LogP contribution is 2.27. The Hall–Kier alpha value is -0.0800. The Morgan fingerprint density at radius 1 is 1.09 bits per heavy atom. The van der Waals surface area contributed by atoms with Gasteiger partial charge >= 0.3 is 0 Å². The molecular weight excluding hydrogens is 393 g/mol. The lowest BCUT2D eigenvalue weighted by atomic mass is 9.83. The molecule has 5 nitrogen and oxygen atoms in total. The van der Waals surface area contributed by atoms with Crippen LogP contribution in [0, 0.1) is 11.8 Å². The number of aliphatic imine (C=N–C) groups is 1. The zero-order valence-electron chi connectivity index (χ0n) is 14.4. The average molecular weight is 427 g/mol. The molecule has 6 heteroatoms. The number of hydrogen-bond acceptors (Lipinski definition) is 3. The molecule has 0 aromatic rings. The van der Waals surface area contributed by atoms with Crippen molar-refractivity contribution < 1.29 is 9.47 Å². The standard InChI is InChI=1S/C16H33N3O2.HI/c1-14-5-7-15(8-6-14)13-19-16(17-2)18-9-4-10-21-12-11-20-3;/h14-15H,4-13H2,1-3H3,(H2,17,18,19);1H. The third kappa shape index (κ3) is 10.6. The van der Waals surface area contributed by atoms with Gasteiger partial charge < -0.3 is 20.1 Å².